The van der Waals surface area contributed by atoms with Crippen molar-refractivity contribution < 1.29 is 13.9 Å². The van der Waals surface area contributed by atoms with Crippen LogP contribution in [0, 0.1) is 0 Å². The summed E-state index contributed by atoms with van der Waals surface area (Å²) in [6, 6.07) is 10.8. The van der Waals surface area contributed by atoms with Crippen LogP contribution >= 0.6 is 0 Å². The average Bonchev–Trinajstić information content (AvgIpc) is 3.25. The first kappa shape index (κ1) is 14.6. The molecule has 0 saturated carbocycles. The number of nitrogens with zero attached hydrogens (tertiary/aromatic N) is 2. The number of nitrogens with one attached hydrogen (secondary N) is 2. The van der Waals surface area contributed by atoms with Gasteiger partial charge >= 0.3 is 0 Å². The second kappa shape index (κ2) is 6.61. The minimum Gasteiger partial charge on any atom is -0.497 e. The predicted molar refractivity (Wildman–Crippen MR) is 84.7 cm³/mol. The molecule has 0 saturated heterocycles. The van der Waals surface area contributed by atoms with E-state index in [9.17, 15) is 4.79 Å². The van der Waals surface area contributed by atoms with Crippen molar-refractivity contribution in [1.29, 1.82) is 0 Å². The lowest BCUT2D eigenvalue weighted by Gasteiger charge is -1.99. The molecule has 2 N–H and O–H groups in total. The maximum absolute atomic E-state index is 11.8. The lowest BCUT2D eigenvalue weighted by Crippen LogP contribution is -2.08. The number of methoxy groups -OCH3 is 1. The number of aromatic nitrogens is 3. The Hall–Kier alpha value is -3.35. The van der Waals surface area contributed by atoms with Gasteiger partial charge in [0.25, 0.3) is 5.91 Å². The number of ether oxygens (including phenoxy) is 1. The maximum atomic E-state index is 11.8. The molecule has 0 aliphatic heterocycles. The van der Waals surface area contributed by atoms with Crippen molar-refractivity contribution in [1.82, 2.24) is 15.2 Å². The minimum atomic E-state index is -0.346. The van der Waals surface area contributed by atoms with E-state index in [-0.39, 0.29) is 11.9 Å². The molecule has 116 valence electrons. The van der Waals surface area contributed by atoms with Crippen molar-refractivity contribution in [3.05, 3.63) is 54.5 Å². The smallest absolute Gasteiger partial charge is 0.250 e. The van der Waals surface area contributed by atoms with Gasteiger partial charge in [-0.25, -0.2) is 0 Å². The SMILES string of the molecule is COc1ccc(-c2nc(NC(=O)/C=C/c3ccco3)n[nH]2)cc1. The molecule has 7 nitrogen and oxygen atoms in total. The molecule has 0 aliphatic carbocycles. The van der Waals surface area contributed by atoms with E-state index in [1.807, 2.05) is 24.3 Å². The van der Waals surface area contributed by atoms with Gasteiger partial charge in [-0.15, -0.1) is 5.10 Å². The van der Waals surface area contributed by atoms with E-state index >= 15 is 0 Å². The van der Waals surface area contributed by atoms with E-state index in [0.29, 0.717) is 11.6 Å². The molecule has 2 aromatic heterocycles. The first-order chi connectivity index (χ1) is 11.2. The standard InChI is InChI=1S/C16H14N4O3/c1-22-12-6-4-11(5-7-12)15-18-16(20-19-15)17-14(21)9-8-13-3-2-10-23-13/h2-10H,1H3,(H2,17,18,19,20,21)/b9-8+. The zero-order valence-corrected chi connectivity index (χ0v) is 12.3. The topological polar surface area (TPSA) is 93.0 Å². The second-order valence-corrected chi connectivity index (χ2v) is 4.57. The molecule has 1 amide bonds. The fourth-order valence-corrected chi connectivity index (χ4v) is 1.89. The van der Waals surface area contributed by atoms with Crippen molar-refractivity contribution in [3.8, 4) is 17.1 Å². The molecular weight excluding hydrogens is 296 g/mol. The van der Waals surface area contributed by atoms with Gasteiger partial charge < -0.3 is 9.15 Å². The van der Waals surface area contributed by atoms with Crippen LogP contribution in [0.4, 0.5) is 5.95 Å². The normalized spacial score (nSPS) is 10.8. The number of carbonyl (C=O) groups is 1. The molecule has 0 atom stereocenters. The summed E-state index contributed by atoms with van der Waals surface area (Å²) in [5.74, 6) is 1.75. The van der Waals surface area contributed by atoms with Gasteiger partial charge in [0.15, 0.2) is 5.82 Å². The van der Waals surface area contributed by atoms with Crippen LogP contribution in [-0.2, 0) is 4.79 Å². The lowest BCUT2D eigenvalue weighted by molar-refractivity contribution is -0.111. The molecule has 3 aromatic rings. The molecule has 23 heavy (non-hydrogen) atoms. The van der Waals surface area contributed by atoms with E-state index in [1.54, 1.807) is 25.3 Å². The zero-order valence-electron chi connectivity index (χ0n) is 12.3. The van der Waals surface area contributed by atoms with Gasteiger partial charge in [0.1, 0.15) is 11.5 Å². The summed E-state index contributed by atoms with van der Waals surface area (Å²) >= 11 is 0. The van der Waals surface area contributed by atoms with E-state index in [0.717, 1.165) is 11.3 Å². The van der Waals surface area contributed by atoms with Crippen molar-refractivity contribution in [2.75, 3.05) is 12.4 Å². The molecule has 0 fully saturated rings. The number of aromatic amines is 1. The molecule has 0 bridgehead atoms. The molecule has 0 aliphatic rings. The summed E-state index contributed by atoms with van der Waals surface area (Å²) in [4.78, 5) is 16.0. The quantitative estimate of drug-likeness (QED) is 0.707. The molecule has 0 spiro atoms. The highest BCUT2D eigenvalue weighted by molar-refractivity contribution is 6.00. The summed E-state index contributed by atoms with van der Waals surface area (Å²) in [6.45, 7) is 0. The van der Waals surface area contributed by atoms with E-state index in [1.165, 1.54) is 12.3 Å². The fourth-order valence-electron chi connectivity index (χ4n) is 1.89. The van der Waals surface area contributed by atoms with Gasteiger partial charge in [-0.1, -0.05) is 0 Å². The molecule has 2 heterocycles. The molecular formula is C16H14N4O3. The van der Waals surface area contributed by atoms with Crippen molar-refractivity contribution >= 4 is 17.9 Å². The Morgan fingerprint density at radius 1 is 1.30 bits per heavy atom. The van der Waals surface area contributed by atoms with Crippen molar-refractivity contribution in [3.63, 3.8) is 0 Å². The van der Waals surface area contributed by atoms with E-state index in [4.69, 9.17) is 9.15 Å². The molecule has 7 heteroatoms. The Balaban J connectivity index is 1.65. The molecule has 3 rings (SSSR count). The number of rotatable bonds is 5. The van der Waals surface area contributed by atoms with Crippen LogP contribution in [0.25, 0.3) is 17.5 Å². The van der Waals surface area contributed by atoms with Crippen LogP contribution in [0.2, 0.25) is 0 Å². The Bertz CT molecular complexity index is 804. The summed E-state index contributed by atoms with van der Waals surface area (Å²) in [5, 5.41) is 9.31. The number of H-pyrrole nitrogens is 1. The number of hydrogen-bond donors (Lipinski definition) is 2. The van der Waals surface area contributed by atoms with E-state index < -0.39 is 0 Å². The number of hydrogen-bond acceptors (Lipinski definition) is 5. The van der Waals surface area contributed by atoms with Gasteiger partial charge in [-0.05, 0) is 42.5 Å². The van der Waals surface area contributed by atoms with Gasteiger partial charge in [-0.2, -0.15) is 4.98 Å². The number of benzene rings is 1. The number of carbonyl (C=O) groups excluding carboxylic acids is 1. The summed E-state index contributed by atoms with van der Waals surface area (Å²) in [6.07, 6.45) is 4.45. The summed E-state index contributed by atoms with van der Waals surface area (Å²) in [7, 11) is 1.60. The van der Waals surface area contributed by atoms with E-state index in [2.05, 4.69) is 20.5 Å². The van der Waals surface area contributed by atoms with Crippen LogP contribution in [0.1, 0.15) is 5.76 Å². The number of anilines is 1. The third kappa shape index (κ3) is 3.65. The number of furan rings is 1. The van der Waals surface area contributed by atoms with Crippen LogP contribution < -0.4 is 10.1 Å². The maximum Gasteiger partial charge on any atom is 0.250 e. The van der Waals surface area contributed by atoms with Crippen LogP contribution in [0.5, 0.6) is 5.75 Å². The minimum absolute atomic E-state index is 0.199. The summed E-state index contributed by atoms with van der Waals surface area (Å²) < 4.78 is 10.2. The highest BCUT2D eigenvalue weighted by atomic mass is 16.5. The highest BCUT2D eigenvalue weighted by Gasteiger charge is 2.07. The molecule has 0 radical (unpaired) electrons. The Morgan fingerprint density at radius 3 is 2.83 bits per heavy atom. The van der Waals surface area contributed by atoms with Crippen molar-refractivity contribution in [2.45, 2.75) is 0 Å². The number of amides is 1. The predicted octanol–water partition coefficient (Wildman–Crippen LogP) is 2.73. The third-order valence-corrected chi connectivity index (χ3v) is 3.03. The largest absolute Gasteiger partial charge is 0.497 e. The monoisotopic (exact) mass is 310 g/mol. The highest BCUT2D eigenvalue weighted by Crippen LogP contribution is 2.19. The second-order valence-electron chi connectivity index (χ2n) is 4.57. The molecule has 0 unspecified atom stereocenters. The Morgan fingerprint density at radius 2 is 2.13 bits per heavy atom. The van der Waals surface area contributed by atoms with Gasteiger partial charge in [0.05, 0.1) is 13.4 Å². The van der Waals surface area contributed by atoms with Crippen LogP contribution in [0.15, 0.2) is 53.2 Å². The summed E-state index contributed by atoms with van der Waals surface area (Å²) in [5.41, 5.74) is 0.838. The first-order valence-corrected chi connectivity index (χ1v) is 6.84. The van der Waals surface area contributed by atoms with Crippen LogP contribution in [-0.4, -0.2) is 28.2 Å². The average molecular weight is 310 g/mol. The third-order valence-electron chi connectivity index (χ3n) is 3.03. The molecule has 1 aromatic carbocycles. The first-order valence-electron chi connectivity index (χ1n) is 6.84. The Labute approximate surface area is 132 Å². The lowest BCUT2D eigenvalue weighted by atomic mass is 10.2. The Kier molecular flexibility index (Phi) is 4.19. The fraction of sp³-hybridized carbons (Fsp3) is 0.0625. The van der Waals surface area contributed by atoms with Gasteiger partial charge in [0, 0.05) is 11.6 Å². The van der Waals surface area contributed by atoms with Gasteiger partial charge in [0.2, 0.25) is 5.95 Å². The zero-order chi connectivity index (χ0) is 16.1. The van der Waals surface area contributed by atoms with Gasteiger partial charge in [-0.3, -0.25) is 15.2 Å². The van der Waals surface area contributed by atoms with Crippen LogP contribution in [0.3, 0.4) is 0 Å². The van der Waals surface area contributed by atoms with Crippen molar-refractivity contribution in [2.24, 2.45) is 0 Å².